The highest BCUT2D eigenvalue weighted by molar-refractivity contribution is 5.78. The summed E-state index contributed by atoms with van der Waals surface area (Å²) < 4.78 is 5.31. The molecule has 2 N–H and O–H groups in total. The molecule has 0 saturated carbocycles. The summed E-state index contributed by atoms with van der Waals surface area (Å²) in [6, 6.07) is 0.939. The summed E-state index contributed by atoms with van der Waals surface area (Å²) in [6.07, 6.45) is 4.51. The molecule has 3 aliphatic heterocycles. The fourth-order valence-electron chi connectivity index (χ4n) is 3.58. The van der Waals surface area contributed by atoms with Crippen LogP contribution in [0.15, 0.2) is 0 Å². The van der Waals surface area contributed by atoms with Gasteiger partial charge in [0, 0.05) is 38.4 Å². The van der Waals surface area contributed by atoms with Gasteiger partial charge in [-0.2, -0.15) is 0 Å². The molecule has 5 nitrogen and oxygen atoms in total. The van der Waals surface area contributed by atoms with Gasteiger partial charge in [-0.05, 0) is 38.1 Å². The summed E-state index contributed by atoms with van der Waals surface area (Å²) in [5, 5.41) is 6.72. The van der Waals surface area contributed by atoms with Gasteiger partial charge in [0.2, 0.25) is 5.91 Å². The minimum absolute atomic E-state index is 0.186. The van der Waals surface area contributed by atoms with Crippen LogP contribution in [0.4, 0.5) is 0 Å². The molecule has 3 aliphatic rings. The molecule has 0 radical (unpaired) electrons. The van der Waals surface area contributed by atoms with Gasteiger partial charge in [-0.25, -0.2) is 0 Å². The van der Waals surface area contributed by atoms with Crippen LogP contribution < -0.4 is 10.6 Å². The van der Waals surface area contributed by atoms with Crippen molar-refractivity contribution in [2.45, 2.75) is 37.8 Å². The standard InChI is InChI=1S/C14H25N3O2/c18-14(16-12-3-6-19-7-4-12)10-17-8-11-2-1-5-15-13(11)9-17/h11-13,15H,1-10H2,(H,16,18)/t11-,13+/m0/s1. The van der Waals surface area contributed by atoms with E-state index in [1.54, 1.807) is 0 Å². The Kier molecular flexibility index (Phi) is 4.35. The Hall–Kier alpha value is -0.650. The molecular weight excluding hydrogens is 242 g/mol. The van der Waals surface area contributed by atoms with Gasteiger partial charge in [0.25, 0.3) is 0 Å². The van der Waals surface area contributed by atoms with Gasteiger partial charge in [0.1, 0.15) is 0 Å². The molecule has 0 aromatic carbocycles. The van der Waals surface area contributed by atoms with Crippen LogP contribution in [-0.4, -0.2) is 62.3 Å². The monoisotopic (exact) mass is 267 g/mol. The van der Waals surface area contributed by atoms with Gasteiger partial charge < -0.3 is 15.4 Å². The van der Waals surface area contributed by atoms with E-state index in [-0.39, 0.29) is 5.91 Å². The number of fused-ring (bicyclic) bond motifs is 1. The Morgan fingerprint density at radius 2 is 2.11 bits per heavy atom. The van der Waals surface area contributed by atoms with E-state index in [1.807, 2.05) is 0 Å². The molecule has 19 heavy (non-hydrogen) atoms. The molecule has 0 unspecified atom stereocenters. The van der Waals surface area contributed by atoms with E-state index < -0.39 is 0 Å². The average molecular weight is 267 g/mol. The summed E-state index contributed by atoms with van der Waals surface area (Å²) in [5.74, 6) is 0.940. The molecular formula is C14H25N3O2. The first-order valence-corrected chi connectivity index (χ1v) is 7.64. The average Bonchev–Trinajstić information content (AvgIpc) is 2.81. The number of nitrogens with zero attached hydrogens (tertiary/aromatic N) is 1. The lowest BCUT2D eigenvalue weighted by Gasteiger charge is -2.25. The van der Waals surface area contributed by atoms with Gasteiger partial charge in [-0.1, -0.05) is 0 Å². The van der Waals surface area contributed by atoms with Crippen LogP contribution >= 0.6 is 0 Å². The van der Waals surface area contributed by atoms with Crippen molar-refractivity contribution in [3.63, 3.8) is 0 Å². The van der Waals surface area contributed by atoms with Gasteiger partial charge in [-0.3, -0.25) is 9.69 Å². The number of piperidine rings is 1. The summed E-state index contributed by atoms with van der Waals surface area (Å²) in [6.45, 7) is 5.38. The zero-order valence-electron chi connectivity index (χ0n) is 11.6. The number of hydrogen-bond acceptors (Lipinski definition) is 4. The van der Waals surface area contributed by atoms with Gasteiger partial charge in [-0.15, -0.1) is 0 Å². The maximum Gasteiger partial charge on any atom is 0.234 e. The van der Waals surface area contributed by atoms with Crippen LogP contribution in [0.25, 0.3) is 0 Å². The molecule has 1 amide bonds. The molecule has 2 atom stereocenters. The molecule has 0 aromatic heterocycles. The predicted molar refractivity (Wildman–Crippen MR) is 72.9 cm³/mol. The SMILES string of the molecule is O=C(CN1C[C@@H]2CCCN[C@@H]2C1)NC1CCOCC1. The van der Waals surface area contributed by atoms with Crippen molar-refractivity contribution in [2.75, 3.05) is 39.4 Å². The highest BCUT2D eigenvalue weighted by atomic mass is 16.5. The minimum Gasteiger partial charge on any atom is -0.381 e. The van der Waals surface area contributed by atoms with Gasteiger partial charge in [0.05, 0.1) is 6.54 Å². The number of carbonyl (C=O) groups excluding carboxylic acids is 1. The van der Waals surface area contributed by atoms with E-state index in [4.69, 9.17) is 4.74 Å². The van der Waals surface area contributed by atoms with Gasteiger partial charge in [0.15, 0.2) is 0 Å². The Morgan fingerprint density at radius 3 is 2.89 bits per heavy atom. The predicted octanol–water partition coefficient (Wildman–Crippen LogP) is -0.0346. The number of amides is 1. The van der Waals surface area contributed by atoms with E-state index in [2.05, 4.69) is 15.5 Å². The minimum atomic E-state index is 0.186. The van der Waals surface area contributed by atoms with E-state index in [0.29, 0.717) is 18.6 Å². The molecule has 108 valence electrons. The zero-order valence-corrected chi connectivity index (χ0v) is 11.6. The lowest BCUT2D eigenvalue weighted by Crippen LogP contribution is -2.44. The Morgan fingerprint density at radius 1 is 1.26 bits per heavy atom. The summed E-state index contributed by atoms with van der Waals surface area (Å²) in [5.41, 5.74) is 0. The second kappa shape index (κ2) is 6.20. The van der Waals surface area contributed by atoms with Crippen molar-refractivity contribution in [3.8, 4) is 0 Å². The summed E-state index contributed by atoms with van der Waals surface area (Å²) in [4.78, 5) is 14.4. The maximum absolute atomic E-state index is 12.1. The van der Waals surface area contributed by atoms with Crippen molar-refractivity contribution >= 4 is 5.91 Å². The molecule has 3 saturated heterocycles. The second-order valence-electron chi connectivity index (χ2n) is 6.11. The molecule has 0 aliphatic carbocycles. The number of likely N-dealkylation sites (tertiary alicyclic amines) is 1. The lowest BCUT2D eigenvalue weighted by atomic mass is 9.94. The first kappa shape index (κ1) is 13.3. The van der Waals surface area contributed by atoms with Crippen LogP contribution in [0.3, 0.4) is 0 Å². The highest BCUT2D eigenvalue weighted by Gasteiger charge is 2.34. The van der Waals surface area contributed by atoms with Crippen LogP contribution in [-0.2, 0) is 9.53 Å². The third kappa shape index (κ3) is 3.46. The molecule has 3 rings (SSSR count). The van der Waals surface area contributed by atoms with Crippen LogP contribution in [0, 0.1) is 5.92 Å². The number of hydrogen-bond donors (Lipinski definition) is 2. The zero-order chi connectivity index (χ0) is 13.1. The molecule has 3 fully saturated rings. The lowest BCUT2D eigenvalue weighted by molar-refractivity contribution is -0.123. The largest absolute Gasteiger partial charge is 0.381 e. The van der Waals surface area contributed by atoms with E-state index in [0.717, 1.165) is 51.6 Å². The normalized spacial score (nSPS) is 33.1. The third-order valence-corrected chi connectivity index (χ3v) is 4.63. The van der Waals surface area contributed by atoms with E-state index in [9.17, 15) is 4.79 Å². The maximum atomic E-state index is 12.1. The van der Waals surface area contributed by atoms with Crippen LogP contribution in [0.1, 0.15) is 25.7 Å². The van der Waals surface area contributed by atoms with Crippen molar-refractivity contribution in [3.05, 3.63) is 0 Å². The molecule has 0 spiro atoms. The third-order valence-electron chi connectivity index (χ3n) is 4.63. The Labute approximate surface area is 115 Å². The van der Waals surface area contributed by atoms with Crippen LogP contribution in [0.2, 0.25) is 0 Å². The number of rotatable bonds is 3. The fraction of sp³-hybridized carbons (Fsp3) is 0.929. The summed E-state index contributed by atoms with van der Waals surface area (Å²) in [7, 11) is 0. The topological polar surface area (TPSA) is 53.6 Å². The molecule has 3 heterocycles. The highest BCUT2D eigenvalue weighted by Crippen LogP contribution is 2.24. The smallest absolute Gasteiger partial charge is 0.234 e. The first-order valence-electron chi connectivity index (χ1n) is 7.64. The molecule has 0 bridgehead atoms. The fourth-order valence-corrected chi connectivity index (χ4v) is 3.58. The van der Waals surface area contributed by atoms with Crippen LogP contribution in [0.5, 0.6) is 0 Å². The van der Waals surface area contributed by atoms with Crippen molar-refractivity contribution in [1.82, 2.24) is 15.5 Å². The van der Waals surface area contributed by atoms with Crippen molar-refractivity contribution in [2.24, 2.45) is 5.92 Å². The van der Waals surface area contributed by atoms with Gasteiger partial charge >= 0.3 is 0 Å². The Balaban J connectivity index is 1.42. The van der Waals surface area contributed by atoms with Crippen molar-refractivity contribution in [1.29, 1.82) is 0 Å². The molecule has 5 heteroatoms. The number of nitrogens with one attached hydrogen (secondary N) is 2. The first-order chi connectivity index (χ1) is 9.31. The molecule has 0 aromatic rings. The number of ether oxygens (including phenoxy) is 1. The van der Waals surface area contributed by atoms with Crippen molar-refractivity contribution < 1.29 is 9.53 Å². The van der Waals surface area contributed by atoms with E-state index >= 15 is 0 Å². The second-order valence-corrected chi connectivity index (χ2v) is 6.11. The quantitative estimate of drug-likeness (QED) is 0.754. The van der Waals surface area contributed by atoms with E-state index in [1.165, 1.54) is 12.8 Å². The number of carbonyl (C=O) groups is 1. The summed E-state index contributed by atoms with van der Waals surface area (Å²) >= 11 is 0. The Bertz CT molecular complexity index is 304.